The number of hydrogen-bond donors (Lipinski definition) is 1. The predicted octanol–water partition coefficient (Wildman–Crippen LogP) is 3.35. The van der Waals surface area contributed by atoms with Gasteiger partial charge >= 0.3 is 0 Å². The molecule has 1 spiro atoms. The van der Waals surface area contributed by atoms with E-state index in [1.807, 2.05) is 0 Å². The summed E-state index contributed by atoms with van der Waals surface area (Å²) in [6.45, 7) is 4.77. The maximum atomic E-state index is 3.59. The van der Waals surface area contributed by atoms with Crippen LogP contribution in [0.5, 0.6) is 0 Å². The molecule has 0 saturated heterocycles. The summed E-state index contributed by atoms with van der Waals surface area (Å²) in [5.41, 5.74) is 0.817. The van der Waals surface area contributed by atoms with Crippen LogP contribution in [-0.4, -0.2) is 13.1 Å². The lowest BCUT2D eigenvalue weighted by Crippen LogP contribution is -2.20. The van der Waals surface area contributed by atoms with Crippen LogP contribution >= 0.6 is 0 Å². The van der Waals surface area contributed by atoms with Gasteiger partial charge in [-0.05, 0) is 50.1 Å². The van der Waals surface area contributed by atoms with E-state index in [2.05, 4.69) is 12.2 Å². The quantitative estimate of drug-likeness (QED) is 0.678. The number of nitrogens with one attached hydrogen (secondary N) is 1. The van der Waals surface area contributed by atoms with E-state index in [1.54, 1.807) is 0 Å². The standard InChI is InChI=1S/C13H25N/c1-2-9-14-11-12-10-13(12)7-5-3-4-6-8-13/h12,14H,2-11H2,1H3. The van der Waals surface area contributed by atoms with E-state index in [4.69, 9.17) is 0 Å². The fraction of sp³-hybridized carbons (Fsp3) is 1.00. The van der Waals surface area contributed by atoms with Gasteiger partial charge in [-0.1, -0.05) is 32.6 Å². The largest absolute Gasteiger partial charge is 0.316 e. The van der Waals surface area contributed by atoms with Gasteiger partial charge < -0.3 is 5.32 Å². The van der Waals surface area contributed by atoms with Crippen molar-refractivity contribution < 1.29 is 0 Å². The van der Waals surface area contributed by atoms with Gasteiger partial charge in [0.15, 0.2) is 0 Å². The molecule has 1 atom stereocenters. The lowest BCUT2D eigenvalue weighted by atomic mass is 9.94. The Morgan fingerprint density at radius 2 is 1.86 bits per heavy atom. The van der Waals surface area contributed by atoms with Crippen LogP contribution in [-0.2, 0) is 0 Å². The first-order valence-corrected chi connectivity index (χ1v) is 6.58. The van der Waals surface area contributed by atoms with Crippen LogP contribution in [0.15, 0.2) is 0 Å². The molecule has 0 radical (unpaired) electrons. The summed E-state index contributed by atoms with van der Waals surface area (Å²) in [5.74, 6) is 1.03. The minimum Gasteiger partial charge on any atom is -0.316 e. The lowest BCUT2D eigenvalue weighted by Gasteiger charge is -2.14. The van der Waals surface area contributed by atoms with Gasteiger partial charge in [-0.2, -0.15) is 0 Å². The van der Waals surface area contributed by atoms with E-state index in [-0.39, 0.29) is 0 Å². The summed E-state index contributed by atoms with van der Waals surface area (Å²) in [7, 11) is 0. The molecule has 1 N–H and O–H groups in total. The van der Waals surface area contributed by atoms with Crippen molar-refractivity contribution >= 4 is 0 Å². The zero-order valence-electron chi connectivity index (χ0n) is 9.65. The van der Waals surface area contributed by atoms with Crippen molar-refractivity contribution in [1.29, 1.82) is 0 Å². The average Bonchev–Trinajstić information content (AvgIpc) is 2.92. The smallest absolute Gasteiger partial charge is 0.00150 e. The highest BCUT2D eigenvalue weighted by molar-refractivity contribution is 5.03. The second-order valence-corrected chi connectivity index (χ2v) is 5.38. The second kappa shape index (κ2) is 4.65. The molecule has 1 nitrogen and oxygen atoms in total. The van der Waals surface area contributed by atoms with E-state index in [0.29, 0.717) is 0 Å². The molecule has 82 valence electrons. The molecule has 0 aromatic carbocycles. The Balaban J connectivity index is 1.71. The van der Waals surface area contributed by atoms with Gasteiger partial charge in [0.1, 0.15) is 0 Å². The Morgan fingerprint density at radius 3 is 2.50 bits per heavy atom. The van der Waals surface area contributed by atoms with Gasteiger partial charge in [0, 0.05) is 0 Å². The van der Waals surface area contributed by atoms with E-state index in [1.165, 1.54) is 64.5 Å². The van der Waals surface area contributed by atoms with Crippen LogP contribution in [0.4, 0.5) is 0 Å². The minimum absolute atomic E-state index is 0.817. The molecular formula is C13H25N. The van der Waals surface area contributed by atoms with Crippen molar-refractivity contribution in [2.45, 2.75) is 58.3 Å². The average molecular weight is 195 g/mol. The van der Waals surface area contributed by atoms with Crippen LogP contribution in [0.3, 0.4) is 0 Å². The van der Waals surface area contributed by atoms with Gasteiger partial charge in [-0.15, -0.1) is 0 Å². The molecule has 0 aromatic rings. The SMILES string of the molecule is CCCNCC1CC12CCCCCC2. The van der Waals surface area contributed by atoms with Crippen LogP contribution in [0.25, 0.3) is 0 Å². The molecule has 0 bridgehead atoms. The van der Waals surface area contributed by atoms with Crippen molar-refractivity contribution in [2.75, 3.05) is 13.1 Å². The summed E-state index contributed by atoms with van der Waals surface area (Å²) in [6.07, 6.45) is 11.9. The summed E-state index contributed by atoms with van der Waals surface area (Å²) < 4.78 is 0. The molecule has 2 saturated carbocycles. The van der Waals surface area contributed by atoms with E-state index in [9.17, 15) is 0 Å². The molecule has 2 rings (SSSR count). The topological polar surface area (TPSA) is 12.0 Å². The Kier molecular flexibility index (Phi) is 3.48. The molecule has 0 amide bonds. The fourth-order valence-electron chi connectivity index (χ4n) is 3.22. The minimum atomic E-state index is 0.817. The highest BCUT2D eigenvalue weighted by Gasteiger charge is 2.52. The Labute approximate surface area is 88.7 Å². The number of hydrogen-bond acceptors (Lipinski definition) is 1. The normalized spacial score (nSPS) is 30.2. The van der Waals surface area contributed by atoms with Crippen LogP contribution < -0.4 is 5.32 Å². The molecule has 1 heteroatoms. The molecule has 2 aliphatic carbocycles. The summed E-state index contributed by atoms with van der Waals surface area (Å²) in [6, 6.07) is 0. The molecule has 2 fully saturated rings. The molecule has 2 aliphatic rings. The monoisotopic (exact) mass is 195 g/mol. The fourth-order valence-corrected chi connectivity index (χ4v) is 3.22. The Morgan fingerprint density at radius 1 is 1.14 bits per heavy atom. The van der Waals surface area contributed by atoms with Crippen LogP contribution in [0.1, 0.15) is 58.3 Å². The summed E-state index contributed by atoms with van der Waals surface area (Å²) in [4.78, 5) is 0. The lowest BCUT2D eigenvalue weighted by molar-refractivity contribution is 0.384. The summed E-state index contributed by atoms with van der Waals surface area (Å²) in [5, 5.41) is 3.59. The molecule has 14 heavy (non-hydrogen) atoms. The summed E-state index contributed by atoms with van der Waals surface area (Å²) >= 11 is 0. The third-order valence-electron chi connectivity index (χ3n) is 4.28. The predicted molar refractivity (Wildman–Crippen MR) is 61.4 cm³/mol. The maximum absolute atomic E-state index is 3.59. The highest BCUT2D eigenvalue weighted by atomic mass is 14.9. The first-order chi connectivity index (χ1) is 6.87. The number of rotatable bonds is 4. The highest BCUT2D eigenvalue weighted by Crippen LogP contribution is 2.60. The molecular weight excluding hydrogens is 170 g/mol. The van der Waals surface area contributed by atoms with Gasteiger partial charge in [0.25, 0.3) is 0 Å². The van der Waals surface area contributed by atoms with Gasteiger partial charge in [0.2, 0.25) is 0 Å². The Bertz CT molecular complexity index is 168. The van der Waals surface area contributed by atoms with Gasteiger partial charge in [-0.25, -0.2) is 0 Å². The third-order valence-corrected chi connectivity index (χ3v) is 4.28. The van der Waals surface area contributed by atoms with Crippen molar-refractivity contribution in [1.82, 2.24) is 5.32 Å². The molecule has 1 unspecified atom stereocenters. The van der Waals surface area contributed by atoms with E-state index < -0.39 is 0 Å². The van der Waals surface area contributed by atoms with Crippen molar-refractivity contribution in [3.8, 4) is 0 Å². The maximum Gasteiger partial charge on any atom is -0.00150 e. The van der Waals surface area contributed by atoms with E-state index >= 15 is 0 Å². The zero-order valence-corrected chi connectivity index (χ0v) is 9.65. The van der Waals surface area contributed by atoms with Crippen molar-refractivity contribution in [3.63, 3.8) is 0 Å². The van der Waals surface area contributed by atoms with Crippen LogP contribution in [0, 0.1) is 11.3 Å². The van der Waals surface area contributed by atoms with Gasteiger partial charge in [-0.3, -0.25) is 0 Å². The van der Waals surface area contributed by atoms with Crippen molar-refractivity contribution in [2.24, 2.45) is 11.3 Å². The molecule has 0 aliphatic heterocycles. The molecule has 0 heterocycles. The first-order valence-electron chi connectivity index (χ1n) is 6.58. The van der Waals surface area contributed by atoms with Crippen molar-refractivity contribution in [3.05, 3.63) is 0 Å². The zero-order chi connectivity index (χ0) is 9.86. The van der Waals surface area contributed by atoms with Crippen LogP contribution in [0.2, 0.25) is 0 Å². The second-order valence-electron chi connectivity index (χ2n) is 5.38. The van der Waals surface area contributed by atoms with E-state index in [0.717, 1.165) is 11.3 Å². The Hall–Kier alpha value is -0.0400. The third kappa shape index (κ3) is 2.31. The van der Waals surface area contributed by atoms with Gasteiger partial charge in [0.05, 0.1) is 0 Å². The first kappa shape index (κ1) is 10.5. The molecule has 0 aromatic heterocycles.